The largest absolute Gasteiger partial charge is 0.497 e. The van der Waals surface area contributed by atoms with Crippen molar-refractivity contribution in [2.75, 3.05) is 27.4 Å². The van der Waals surface area contributed by atoms with Crippen molar-refractivity contribution >= 4 is 10.8 Å². The van der Waals surface area contributed by atoms with Crippen molar-refractivity contribution in [3.8, 4) is 34.1 Å². The lowest BCUT2D eigenvalue weighted by Crippen LogP contribution is -2.09. The molecule has 0 fully saturated rings. The molecule has 0 N–H and O–H groups in total. The first-order chi connectivity index (χ1) is 15.2. The summed E-state index contributed by atoms with van der Waals surface area (Å²) < 4.78 is 22.1. The van der Waals surface area contributed by atoms with Gasteiger partial charge in [0.05, 0.1) is 14.2 Å². The highest BCUT2D eigenvalue weighted by Crippen LogP contribution is 2.30. The third kappa shape index (κ3) is 4.92. The standard InChI is InChI=1S/C27H26O4/c1-19-16-20(21-4-5-23-18-26(29-3)8-6-22(23)17-21)7-13-27(19)31-15-14-30-25-11-9-24(28-2)10-12-25/h4-13,16-18H,14-15H2,1-3H3. The molecule has 0 spiro atoms. The van der Waals surface area contributed by atoms with E-state index in [-0.39, 0.29) is 0 Å². The van der Waals surface area contributed by atoms with Gasteiger partial charge in [-0.2, -0.15) is 0 Å². The van der Waals surface area contributed by atoms with Crippen molar-refractivity contribution in [1.29, 1.82) is 0 Å². The lowest BCUT2D eigenvalue weighted by atomic mass is 9.99. The SMILES string of the molecule is COc1ccc(OCCOc2ccc(-c3ccc4cc(OC)ccc4c3)cc2C)cc1. The van der Waals surface area contributed by atoms with Crippen molar-refractivity contribution < 1.29 is 18.9 Å². The number of methoxy groups -OCH3 is 2. The summed E-state index contributed by atoms with van der Waals surface area (Å²) in [5, 5.41) is 2.35. The highest BCUT2D eigenvalue weighted by atomic mass is 16.5. The zero-order valence-electron chi connectivity index (χ0n) is 18.1. The lowest BCUT2D eigenvalue weighted by molar-refractivity contribution is 0.216. The molecule has 0 unspecified atom stereocenters. The maximum absolute atomic E-state index is 5.93. The topological polar surface area (TPSA) is 36.9 Å². The quantitative estimate of drug-likeness (QED) is 0.318. The number of rotatable bonds is 8. The van der Waals surface area contributed by atoms with Gasteiger partial charge in [0, 0.05) is 0 Å². The van der Waals surface area contributed by atoms with Gasteiger partial charge in [0.2, 0.25) is 0 Å². The number of hydrogen-bond acceptors (Lipinski definition) is 4. The van der Waals surface area contributed by atoms with Crippen LogP contribution < -0.4 is 18.9 Å². The Morgan fingerprint density at radius 3 is 1.87 bits per heavy atom. The van der Waals surface area contributed by atoms with Gasteiger partial charge in [-0.1, -0.05) is 24.3 Å². The minimum atomic E-state index is 0.474. The second kappa shape index (κ2) is 9.43. The molecular formula is C27H26O4. The molecule has 0 atom stereocenters. The predicted octanol–water partition coefficient (Wildman–Crippen LogP) is 6.29. The Labute approximate surface area is 183 Å². The molecule has 0 saturated heterocycles. The summed E-state index contributed by atoms with van der Waals surface area (Å²) in [5.74, 6) is 3.34. The molecule has 0 saturated carbocycles. The number of hydrogen-bond donors (Lipinski definition) is 0. The van der Waals surface area contributed by atoms with E-state index in [9.17, 15) is 0 Å². The van der Waals surface area contributed by atoms with Crippen molar-refractivity contribution in [2.24, 2.45) is 0 Å². The molecule has 0 bridgehead atoms. The van der Waals surface area contributed by atoms with Crippen LogP contribution in [0.1, 0.15) is 5.56 Å². The first-order valence-corrected chi connectivity index (χ1v) is 10.2. The van der Waals surface area contributed by atoms with Crippen LogP contribution in [-0.2, 0) is 0 Å². The van der Waals surface area contributed by atoms with Gasteiger partial charge in [-0.3, -0.25) is 0 Å². The maximum Gasteiger partial charge on any atom is 0.122 e. The monoisotopic (exact) mass is 414 g/mol. The lowest BCUT2D eigenvalue weighted by Gasteiger charge is -2.12. The molecule has 158 valence electrons. The Balaban J connectivity index is 1.38. The number of ether oxygens (including phenoxy) is 4. The summed E-state index contributed by atoms with van der Waals surface area (Å²) in [6.07, 6.45) is 0. The molecule has 4 nitrogen and oxygen atoms in total. The van der Waals surface area contributed by atoms with Crippen LogP contribution in [0.25, 0.3) is 21.9 Å². The Morgan fingerprint density at radius 1 is 0.548 bits per heavy atom. The fourth-order valence-electron chi connectivity index (χ4n) is 3.50. The molecular weight excluding hydrogens is 388 g/mol. The molecule has 0 radical (unpaired) electrons. The fraction of sp³-hybridized carbons (Fsp3) is 0.185. The second-order valence-corrected chi connectivity index (χ2v) is 7.28. The molecule has 4 aromatic rings. The summed E-state index contributed by atoms with van der Waals surface area (Å²) in [6, 6.07) is 26.4. The molecule has 0 aromatic heterocycles. The zero-order chi connectivity index (χ0) is 21.6. The third-order valence-electron chi connectivity index (χ3n) is 5.22. The van der Waals surface area contributed by atoms with Crippen LogP contribution in [0.5, 0.6) is 23.0 Å². The minimum absolute atomic E-state index is 0.474. The predicted molar refractivity (Wildman–Crippen MR) is 125 cm³/mol. The van der Waals surface area contributed by atoms with Crippen LogP contribution in [-0.4, -0.2) is 27.4 Å². The van der Waals surface area contributed by atoms with Crippen LogP contribution in [0, 0.1) is 6.92 Å². The summed E-state index contributed by atoms with van der Waals surface area (Å²) in [6.45, 7) is 3.01. The molecule has 4 heteroatoms. The Hall–Kier alpha value is -3.66. The Bertz CT molecular complexity index is 1170. The van der Waals surface area contributed by atoms with Crippen molar-refractivity contribution in [1.82, 2.24) is 0 Å². The van der Waals surface area contributed by atoms with Crippen LogP contribution in [0.4, 0.5) is 0 Å². The summed E-state index contributed by atoms with van der Waals surface area (Å²) in [7, 11) is 3.34. The van der Waals surface area contributed by atoms with Gasteiger partial charge in [0.25, 0.3) is 0 Å². The molecule has 0 aliphatic rings. The normalized spacial score (nSPS) is 10.7. The second-order valence-electron chi connectivity index (χ2n) is 7.28. The molecule has 0 aliphatic carbocycles. The van der Waals surface area contributed by atoms with Crippen LogP contribution in [0.15, 0.2) is 78.9 Å². The van der Waals surface area contributed by atoms with Gasteiger partial charge in [-0.15, -0.1) is 0 Å². The molecule has 0 amide bonds. The van der Waals surface area contributed by atoms with Gasteiger partial charge in [-0.05, 0) is 89.0 Å². The van der Waals surface area contributed by atoms with E-state index in [1.54, 1.807) is 14.2 Å². The fourth-order valence-corrected chi connectivity index (χ4v) is 3.50. The molecule has 31 heavy (non-hydrogen) atoms. The molecule has 0 heterocycles. The summed E-state index contributed by atoms with van der Waals surface area (Å²) in [4.78, 5) is 0. The average Bonchev–Trinajstić information content (AvgIpc) is 2.82. The van der Waals surface area contributed by atoms with E-state index < -0.39 is 0 Å². The smallest absolute Gasteiger partial charge is 0.122 e. The van der Waals surface area contributed by atoms with E-state index >= 15 is 0 Å². The minimum Gasteiger partial charge on any atom is -0.497 e. The van der Waals surface area contributed by atoms with Crippen molar-refractivity contribution in [3.05, 3.63) is 84.4 Å². The number of aryl methyl sites for hydroxylation is 1. The van der Waals surface area contributed by atoms with E-state index in [0.717, 1.165) is 39.5 Å². The van der Waals surface area contributed by atoms with Crippen molar-refractivity contribution in [3.63, 3.8) is 0 Å². The van der Waals surface area contributed by atoms with Gasteiger partial charge >= 0.3 is 0 Å². The summed E-state index contributed by atoms with van der Waals surface area (Å²) in [5.41, 5.74) is 3.43. The van der Waals surface area contributed by atoms with Gasteiger partial charge in [-0.25, -0.2) is 0 Å². The molecule has 4 aromatic carbocycles. The van der Waals surface area contributed by atoms with Gasteiger partial charge in [0.15, 0.2) is 0 Å². The highest BCUT2D eigenvalue weighted by molar-refractivity contribution is 5.88. The van der Waals surface area contributed by atoms with Crippen LogP contribution in [0.3, 0.4) is 0 Å². The van der Waals surface area contributed by atoms with Crippen LogP contribution in [0.2, 0.25) is 0 Å². The first-order valence-electron chi connectivity index (χ1n) is 10.2. The zero-order valence-corrected chi connectivity index (χ0v) is 18.1. The van der Waals surface area contributed by atoms with Crippen LogP contribution >= 0.6 is 0 Å². The Morgan fingerprint density at radius 2 is 1.13 bits per heavy atom. The number of benzene rings is 4. The first kappa shape index (κ1) is 20.6. The van der Waals surface area contributed by atoms with E-state index in [1.807, 2.05) is 36.4 Å². The van der Waals surface area contributed by atoms with E-state index in [2.05, 4.69) is 49.4 Å². The van der Waals surface area contributed by atoms with E-state index in [1.165, 1.54) is 10.9 Å². The van der Waals surface area contributed by atoms with Gasteiger partial charge < -0.3 is 18.9 Å². The molecule has 0 aliphatic heterocycles. The Kier molecular flexibility index (Phi) is 6.27. The van der Waals surface area contributed by atoms with Gasteiger partial charge in [0.1, 0.15) is 36.2 Å². The highest BCUT2D eigenvalue weighted by Gasteiger charge is 2.06. The summed E-state index contributed by atoms with van der Waals surface area (Å²) >= 11 is 0. The van der Waals surface area contributed by atoms with E-state index in [4.69, 9.17) is 18.9 Å². The average molecular weight is 415 g/mol. The maximum atomic E-state index is 5.93. The number of fused-ring (bicyclic) bond motifs is 1. The third-order valence-corrected chi connectivity index (χ3v) is 5.22. The van der Waals surface area contributed by atoms with Crippen molar-refractivity contribution in [2.45, 2.75) is 6.92 Å². The molecule has 4 rings (SSSR count). The van der Waals surface area contributed by atoms with E-state index in [0.29, 0.717) is 13.2 Å².